The molecule has 0 unspecified atom stereocenters. The molecule has 0 amide bonds. The molecule has 6 nitrogen and oxygen atoms in total. The highest BCUT2D eigenvalue weighted by atomic mass is 35.5. The molecule has 0 aliphatic heterocycles. The van der Waals surface area contributed by atoms with E-state index in [9.17, 15) is 9.90 Å². The van der Waals surface area contributed by atoms with Gasteiger partial charge in [0.15, 0.2) is 11.0 Å². The third-order valence-electron chi connectivity index (χ3n) is 6.29. The average Bonchev–Trinajstić information content (AvgIpc) is 3.43. The lowest BCUT2D eigenvalue weighted by Gasteiger charge is -2.09. The second-order valence-corrected chi connectivity index (χ2v) is 10.0. The molecule has 5 rings (SSSR count). The maximum Gasteiger partial charge on any atom is 0.342 e. The zero-order valence-electron chi connectivity index (χ0n) is 20.4. The summed E-state index contributed by atoms with van der Waals surface area (Å²) in [4.78, 5) is 12.6. The van der Waals surface area contributed by atoms with E-state index < -0.39 is 5.97 Å². The van der Waals surface area contributed by atoms with Crippen LogP contribution in [0.5, 0.6) is 0 Å². The van der Waals surface area contributed by atoms with Gasteiger partial charge in [0.05, 0.1) is 0 Å². The fraction of sp³-hybridized carbons (Fsp3) is 0.138. The quantitative estimate of drug-likeness (QED) is 0.171. The highest BCUT2D eigenvalue weighted by Gasteiger charge is 2.20. The number of carboxylic acid groups (broad SMARTS) is 1. The van der Waals surface area contributed by atoms with Crippen LogP contribution in [0.25, 0.3) is 28.4 Å². The summed E-state index contributed by atoms with van der Waals surface area (Å²) in [6.07, 6.45) is 1.75. The Kier molecular flexibility index (Phi) is 7.17. The average molecular weight is 529 g/mol. The topological polar surface area (TPSA) is 72.9 Å². The summed E-state index contributed by atoms with van der Waals surface area (Å²) in [6, 6.07) is 25.7. The van der Waals surface area contributed by atoms with Crippen LogP contribution >= 0.6 is 23.4 Å². The van der Waals surface area contributed by atoms with Gasteiger partial charge in [0.1, 0.15) is 4.91 Å². The molecule has 2 heterocycles. The van der Waals surface area contributed by atoms with Crippen molar-refractivity contribution < 1.29 is 9.90 Å². The van der Waals surface area contributed by atoms with Gasteiger partial charge in [-0.15, -0.1) is 10.2 Å². The molecular formula is C29H25ClN4O2S. The summed E-state index contributed by atoms with van der Waals surface area (Å²) in [6.45, 7) is 5.31. The molecule has 1 N–H and O–H groups in total. The van der Waals surface area contributed by atoms with Crippen molar-refractivity contribution >= 4 is 46.3 Å². The minimum atomic E-state index is -1.01. The Bertz CT molecular complexity index is 1600. The summed E-state index contributed by atoms with van der Waals surface area (Å²) < 4.78 is 4.14. The van der Waals surface area contributed by atoms with Gasteiger partial charge >= 0.3 is 5.97 Å². The van der Waals surface area contributed by atoms with E-state index in [0.29, 0.717) is 29.1 Å². The third-order valence-corrected chi connectivity index (χ3v) is 7.54. The van der Waals surface area contributed by atoms with Gasteiger partial charge in [-0.05, 0) is 67.6 Å². The molecule has 0 fully saturated rings. The van der Waals surface area contributed by atoms with Gasteiger partial charge in [-0.3, -0.25) is 0 Å². The van der Waals surface area contributed by atoms with E-state index in [2.05, 4.69) is 33.0 Å². The summed E-state index contributed by atoms with van der Waals surface area (Å²) in [5, 5.41) is 21.0. The van der Waals surface area contributed by atoms with Gasteiger partial charge in [0.25, 0.3) is 0 Å². The van der Waals surface area contributed by atoms with Crippen molar-refractivity contribution in [3.63, 3.8) is 0 Å². The van der Waals surface area contributed by atoms with Gasteiger partial charge in [-0.2, -0.15) is 0 Å². The molecular weight excluding hydrogens is 504 g/mol. The lowest BCUT2D eigenvalue weighted by molar-refractivity contribution is -0.131. The van der Waals surface area contributed by atoms with Gasteiger partial charge in [-0.1, -0.05) is 60.1 Å². The third kappa shape index (κ3) is 5.05. The summed E-state index contributed by atoms with van der Waals surface area (Å²) >= 11 is 7.15. The first-order valence-corrected chi connectivity index (χ1v) is 13.1. The Balaban J connectivity index is 1.56. The monoisotopic (exact) mass is 528 g/mol. The maximum absolute atomic E-state index is 12.4. The largest absolute Gasteiger partial charge is 0.477 e. The number of aliphatic carboxylic acids is 1. The number of hydrogen-bond donors (Lipinski definition) is 1. The van der Waals surface area contributed by atoms with Crippen LogP contribution in [-0.2, 0) is 17.9 Å². The van der Waals surface area contributed by atoms with E-state index in [-0.39, 0.29) is 4.91 Å². The Labute approximate surface area is 224 Å². The fourth-order valence-electron chi connectivity index (χ4n) is 4.44. The molecule has 0 saturated heterocycles. The minimum Gasteiger partial charge on any atom is -0.477 e. The van der Waals surface area contributed by atoms with Crippen LogP contribution in [-0.4, -0.2) is 30.4 Å². The molecule has 2 aromatic heterocycles. The highest BCUT2D eigenvalue weighted by molar-refractivity contribution is 8.04. The Morgan fingerprint density at radius 2 is 1.68 bits per heavy atom. The summed E-state index contributed by atoms with van der Waals surface area (Å²) in [7, 11) is 0. The summed E-state index contributed by atoms with van der Waals surface area (Å²) in [5.74, 6) is -0.343. The molecule has 0 radical (unpaired) electrons. The predicted molar refractivity (Wildman–Crippen MR) is 150 cm³/mol. The van der Waals surface area contributed by atoms with Crippen molar-refractivity contribution in [3.8, 4) is 11.4 Å². The number of aromatic nitrogens is 4. The van der Waals surface area contributed by atoms with Crippen LogP contribution in [0, 0.1) is 6.92 Å². The Morgan fingerprint density at radius 3 is 2.38 bits per heavy atom. The van der Waals surface area contributed by atoms with Crippen LogP contribution in [0.1, 0.15) is 23.7 Å². The molecule has 0 bridgehead atoms. The number of rotatable bonds is 8. The van der Waals surface area contributed by atoms with Crippen molar-refractivity contribution in [1.29, 1.82) is 0 Å². The van der Waals surface area contributed by atoms with Crippen molar-refractivity contribution in [3.05, 3.63) is 106 Å². The molecule has 37 heavy (non-hydrogen) atoms. The smallest absolute Gasteiger partial charge is 0.342 e. The molecule has 186 valence electrons. The van der Waals surface area contributed by atoms with Crippen molar-refractivity contribution in [2.45, 2.75) is 32.1 Å². The molecule has 8 heteroatoms. The van der Waals surface area contributed by atoms with Crippen molar-refractivity contribution in [2.75, 3.05) is 0 Å². The molecule has 0 aliphatic rings. The number of carboxylic acids is 1. The van der Waals surface area contributed by atoms with Crippen LogP contribution in [0.2, 0.25) is 5.02 Å². The van der Waals surface area contributed by atoms with Crippen LogP contribution in [0.3, 0.4) is 0 Å². The van der Waals surface area contributed by atoms with Crippen molar-refractivity contribution in [1.82, 2.24) is 19.3 Å². The van der Waals surface area contributed by atoms with E-state index in [1.54, 1.807) is 18.2 Å². The summed E-state index contributed by atoms with van der Waals surface area (Å²) in [5.41, 5.74) is 5.00. The fourth-order valence-corrected chi connectivity index (χ4v) is 5.43. The van der Waals surface area contributed by atoms with E-state index in [1.807, 2.05) is 66.9 Å². The van der Waals surface area contributed by atoms with Gasteiger partial charge < -0.3 is 14.2 Å². The number of thioether (sulfide) groups is 1. The van der Waals surface area contributed by atoms with E-state index >= 15 is 0 Å². The predicted octanol–water partition coefficient (Wildman–Crippen LogP) is 7.15. The molecule has 0 saturated carbocycles. The molecule has 3 aromatic carbocycles. The maximum atomic E-state index is 12.4. The number of fused-ring (bicyclic) bond motifs is 1. The first-order valence-electron chi connectivity index (χ1n) is 11.9. The molecule has 0 aliphatic carbocycles. The molecule has 0 spiro atoms. The van der Waals surface area contributed by atoms with Crippen LogP contribution in [0.15, 0.2) is 88.9 Å². The zero-order valence-corrected chi connectivity index (χ0v) is 22.0. The number of halogens is 1. The highest BCUT2D eigenvalue weighted by Crippen LogP contribution is 2.34. The number of carbonyl (C=O) groups is 1. The lowest BCUT2D eigenvalue weighted by atomic mass is 10.1. The lowest BCUT2D eigenvalue weighted by Crippen LogP contribution is -2.03. The van der Waals surface area contributed by atoms with E-state index in [1.165, 1.54) is 5.56 Å². The van der Waals surface area contributed by atoms with Gasteiger partial charge in [0.2, 0.25) is 0 Å². The number of benzene rings is 3. The van der Waals surface area contributed by atoms with Gasteiger partial charge in [0, 0.05) is 45.8 Å². The number of hydrogen-bond acceptors (Lipinski definition) is 4. The Morgan fingerprint density at radius 1 is 0.973 bits per heavy atom. The minimum absolute atomic E-state index is 0.176. The van der Waals surface area contributed by atoms with Crippen LogP contribution in [0.4, 0.5) is 0 Å². The van der Waals surface area contributed by atoms with Crippen molar-refractivity contribution in [2.24, 2.45) is 0 Å². The second kappa shape index (κ2) is 10.7. The first-order chi connectivity index (χ1) is 18.0. The normalized spacial score (nSPS) is 11.8. The second-order valence-electron chi connectivity index (χ2n) is 8.56. The zero-order chi connectivity index (χ0) is 25.9. The van der Waals surface area contributed by atoms with Crippen LogP contribution < -0.4 is 0 Å². The molecule has 5 aromatic rings. The van der Waals surface area contributed by atoms with E-state index in [0.717, 1.165) is 39.5 Å². The first kappa shape index (κ1) is 24.9. The Hall–Kier alpha value is -3.81. The van der Waals surface area contributed by atoms with Gasteiger partial charge in [-0.25, -0.2) is 4.79 Å². The molecule has 0 atom stereocenters. The standard InChI is InChI=1S/C29H25ClN4O2S/c1-3-33-27(21-13-15-22(30)16-14-21)31-32-29(33)37-26(28(35)36)17-24-19(2)34(18-20-9-5-4-6-10-20)25-12-8-7-11-23(24)25/h4-17H,3,18H2,1-2H3,(H,35,36)/b26-17-. The number of para-hydroxylation sites is 1. The SMILES string of the molecule is CCn1c(S/C(=C\c2c(C)n(Cc3ccccc3)c3ccccc23)C(=O)O)nnc1-c1ccc(Cl)cc1. The number of nitrogens with zero attached hydrogens (tertiary/aromatic N) is 4. The van der Waals surface area contributed by atoms with E-state index in [4.69, 9.17) is 11.6 Å².